The lowest BCUT2D eigenvalue weighted by Gasteiger charge is -2.14. The summed E-state index contributed by atoms with van der Waals surface area (Å²) in [4.78, 5) is 0. The van der Waals surface area contributed by atoms with E-state index in [1.54, 1.807) is 12.1 Å². The minimum atomic E-state index is -1.47. The smallest absolute Gasteiger partial charge is 0.194 e. The number of aryl methyl sites for hydroxylation is 1. The van der Waals surface area contributed by atoms with Crippen LogP contribution in [-0.4, -0.2) is 14.2 Å². The van der Waals surface area contributed by atoms with Gasteiger partial charge in [-0.05, 0) is 36.2 Å². The predicted octanol–water partition coefficient (Wildman–Crippen LogP) is 4.04. The highest BCUT2D eigenvalue weighted by atomic mass is 19.2. The number of rotatable bonds is 5. The topological polar surface area (TPSA) is 30.5 Å². The Morgan fingerprint density at radius 3 is 2.00 bits per heavy atom. The second-order valence-electron chi connectivity index (χ2n) is 4.75. The van der Waals surface area contributed by atoms with Crippen LogP contribution in [0.3, 0.4) is 0 Å². The first-order chi connectivity index (χ1) is 10.5. The molecule has 1 N–H and O–H groups in total. The van der Waals surface area contributed by atoms with Gasteiger partial charge in [-0.3, -0.25) is 0 Å². The van der Waals surface area contributed by atoms with Crippen LogP contribution >= 0.6 is 0 Å². The van der Waals surface area contributed by atoms with Crippen molar-refractivity contribution < 1.29 is 22.6 Å². The summed E-state index contributed by atoms with van der Waals surface area (Å²) in [6, 6.07) is 5.43. The quantitative estimate of drug-likeness (QED) is 0.845. The number of ether oxygens (including phenoxy) is 2. The van der Waals surface area contributed by atoms with Gasteiger partial charge in [0.15, 0.2) is 29.0 Å². The van der Waals surface area contributed by atoms with Gasteiger partial charge in [-0.2, -0.15) is 0 Å². The Hall–Kier alpha value is -2.37. The molecule has 0 bridgehead atoms. The van der Waals surface area contributed by atoms with Crippen molar-refractivity contribution in [1.29, 1.82) is 0 Å². The first kappa shape index (κ1) is 16.0. The SMILES string of the molecule is COc1cc(C)c(NCc2cc(F)c(F)c(F)c2)cc1OC. The van der Waals surface area contributed by atoms with Crippen LogP contribution < -0.4 is 14.8 Å². The summed E-state index contributed by atoms with van der Waals surface area (Å²) in [5, 5.41) is 3.04. The number of hydrogen-bond donors (Lipinski definition) is 1. The highest BCUT2D eigenvalue weighted by Gasteiger charge is 2.12. The fraction of sp³-hybridized carbons (Fsp3) is 0.250. The van der Waals surface area contributed by atoms with Gasteiger partial charge in [0.2, 0.25) is 0 Å². The van der Waals surface area contributed by atoms with Crippen molar-refractivity contribution in [1.82, 2.24) is 0 Å². The molecule has 118 valence electrons. The number of nitrogens with one attached hydrogen (secondary N) is 1. The van der Waals surface area contributed by atoms with E-state index in [4.69, 9.17) is 9.47 Å². The summed E-state index contributed by atoms with van der Waals surface area (Å²) in [7, 11) is 3.05. The lowest BCUT2D eigenvalue weighted by molar-refractivity contribution is 0.355. The molecular formula is C16H16F3NO2. The summed E-state index contributed by atoms with van der Waals surface area (Å²) >= 11 is 0. The number of methoxy groups -OCH3 is 2. The van der Waals surface area contributed by atoms with Crippen LogP contribution in [0.25, 0.3) is 0 Å². The highest BCUT2D eigenvalue weighted by Crippen LogP contribution is 2.33. The van der Waals surface area contributed by atoms with E-state index in [9.17, 15) is 13.2 Å². The van der Waals surface area contributed by atoms with Gasteiger partial charge in [-0.25, -0.2) is 13.2 Å². The number of anilines is 1. The fourth-order valence-electron chi connectivity index (χ4n) is 2.08. The number of halogens is 3. The molecule has 0 spiro atoms. The van der Waals surface area contributed by atoms with Crippen molar-refractivity contribution in [3.8, 4) is 11.5 Å². The molecule has 2 aromatic rings. The van der Waals surface area contributed by atoms with Crippen molar-refractivity contribution >= 4 is 5.69 Å². The van der Waals surface area contributed by atoms with Crippen molar-refractivity contribution in [2.75, 3.05) is 19.5 Å². The fourth-order valence-corrected chi connectivity index (χ4v) is 2.08. The third kappa shape index (κ3) is 3.27. The molecule has 2 aromatic carbocycles. The predicted molar refractivity (Wildman–Crippen MR) is 77.9 cm³/mol. The molecule has 22 heavy (non-hydrogen) atoms. The highest BCUT2D eigenvalue weighted by molar-refractivity contribution is 5.60. The van der Waals surface area contributed by atoms with Crippen LogP contribution in [0, 0.1) is 24.4 Å². The summed E-state index contributed by atoms with van der Waals surface area (Å²) in [6.45, 7) is 2.00. The largest absolute Gasteiger partial charge is 0.493 e. The Morgan fingerprint density at radius 2 is 1.45 bits per heavy atom. The van der Waals surface area contributed by atoms with Crippen molar-refractivity contribution in [3.63, 3.8) is 0 Å². The van der Waals surface area contributed by atoms with Crippen LogP contribution in [0.2, 0.25) is 0 Å². The summed E-state index contributed by atoms with van der Waals surface area (Å²) in [5.74, 6) is -2.76. The minimum absolute atomic E-state index is 0.143. The normalized spacial score (nSPS) is 10.5. The molecule has 0 heterocycles. The van der Waals surface area contributed by atoms with E-state index in [1.165, 1.54) is 14.2 Å². The van der Waals surface area contributed by atoms with E-state index in [1.807, 2.05) is 6.92 Å². The number of benzene rings is 2. The summed E-state index contributed by atoms with van der Waals surface area (Å²) < 4.78 is 49.7. The van der Waals surface area contributed by atoms with Gasteiger partial charge in [-0.1, -0.05) is 0 Å². The first-order valence-corrected chi connectivity index (χ1v) is 6.56. The molecule has 6 heteroatoms. The van der Waals surface area contributed by atoms with E-state index < -0.39 is 17.5 Å². The van der Waals surface area contributed by atoms with Crippen molar-refractivity contribution in [2.24, 2.45) is 0 Å². The van der Waals surface area contributed by atoms with Gasteiger partial charge in [0.25, 0.3) is 0 Å². The molecule has 0 saturated heterocycles. The molecule has 0 amide bonds. The maximum atomic E-state index is 13.2. The maximum absolute atomic E-state index is 13.2. The molecule has 0 aliphatic rings. The van der Waals surface area contributed by atoms with E-state index >= 15 is 0 Å². The Bertz CT molecular complexity index is 666. The van der Waals surface area contributed by atoms with E-state index in [0.717, 1.165) is 23.4 Å². The molecule has 0 fully saturated rings. The van der Waals surface area contributed by atoms with Gasteiger partial charge in [0, 0.05) is 18.3 Å². The van der Waals surface area contributed by atoms with E-state index in [2.05, 4.69) is 5.32 Å². The Labute approximate surface area is 126 Å². The van der Waals surface area contributed by atoms with Gasteiger partial charge in [0.05, 0.1) is 14.2 Å². The molecule has 0 aromatic heterocycles. The zero-order valence-corrected chi connectivity index (χ0v) is 12.5. The van der Waals surface area contributed by atoms with Gasteiger partial charge in [-0.15, -0.1) is 0 Å². The lowest BCUT2D eigenvalue weighted by atomic mass is 10.1. The van der Waals surface area contributed by atoms with Gasteiger partial charge >= 0.3 is 0 Å². The monoisotopic (exact) mass is 311 g/mol. The van der Waals surface area contributed by atoms with Crippen LogP contribution in [0.1, 0.15) is 11.1 Å². The van der Waals surface area contributed by atoms with E-state index in [0.29, 0.717) is 17.1 Å². The van der Waals surface area contributed by atoms with Gasteiger partial charge in [0.1, 0.15) is 0 Å². The molecule has 3 nitrogen and oxygen atoms in total. The molecule has 2 rings (SSSR count). The Balaban J connectivity index is 2.21. The van der Waals surface area contributed by atoms with Crippen molar-refractivity contribution in [3.05, 3.63) is 52.8 Å². The minimum Gasteiger partial charge on any atom is -0.493 e. The Kier molecular flexibility index (Phi) is 4.80. The van der Waals surface area contributed by atoms with E-state index in [-0.39, 0.29) is 6.54 Å². The zero-order valence-electron chi connectivity index (χ0n) is 12.5. The molecule has 0 radical (unpaired) electrons. The first-order valence-electron chi connectivity index (χ1n) is 6.56. The summed E-state index contributed by atoms with van der Waals surface area (Å²) in [6.07, 6.45) is 0. The molecule has 0 atom stereocenters. The van der Waals surface area contributed by atoms with Crippen LogP contribution in [-0.2, 0) is 6.54 Å². The third-order valence-corrected chi connectivity index (χ3v) is 3.26. The molecular weight excluding hydrogens is 295 g/mol. The molecule has 0 unspecified atom stereocenters. The van der Waals surface area contributed by atoms with Crippen LogP contribution in [0.5, 0.6) is 11.5 Å². The third-order valence-electron chi connectivity index (χ3n) is 3.26. The van der Waals surface area contributed by atoms with Crippen LogP contribution in [0.4, 0.5) is 18.9 Å². The summed E-state index contributed by atoms with van der Waals surface area (Å²) in [5.41, 5.74) is 1.90. The zero-order chi connectivity index (χ0) is 16.3. The second kappa shape index (κ2) is 6.60. The molecule has 0 aliphatic carbocycles. The number of hydrogen-bond acceptors (Lipinski definition) is 3. The average Bonchev–Trinajstić information content (AvgIpc) is 2.50. The van der Waals surface area contributed by atoms with Crippen molar-refractivity contribution in [2.45, 2.75) is 13.5 Å². The second-order valence-corrected chi connectivity index (χ2v) is 4.75. The van der Waals surface area contributed by atoms with Crippen LogP contribution in [0.15, 0.2) is 24.3 Å². The average molecular weight is 311 g/mol. The standard InChI is InChI=1S/C16H16F3NO2/c1-9-4-14(21-2)15(22-3)7-13(9)20-8-10-5-11(17)16(19)12(18)6-10/h4-7,20H,8H2,1-3H3. The molecule has 0 aliphatic heterocycles. The van der Waals surface area contributed by atoms with Gasteiger partial charge < -0.3 is 14.8 Å². The molecule has 0 saturated carbocycles. The Morgan fingerprint density at radius 1 is 0.909 bits per heavy atom. The maximum Gasteiger partial charge on any atom is 0.194 e. The lowest BCUT2D eigenvalue weighted by Crippen LogP contribution is -2.04.